The molecule has 2 nitrogen and oxygen atoms in total. The van der Waals surface area contributed by atoms with E-state index in [1.165, 1.54) is 23.4 Å². The molecule has 2 aromatic rings. The molecule has 1 unspecified atom stereocenters. The van der Waals surface area contributed by atoms with Gasteiger partial charge in [-0.15, -0.1) is 0 Å². The maximum Gasteiger partial charge on any atom is 0.123 e. The fraction of sp³-hybridized carbons (Fsp3) is 0.250. The van der Waals surface area contributed by atoms with E-state index in [-0.39, 0.29) is 11.9 Å². The summed E-state index contributed by atoms with van der Waals surface area (Å²) in [5.41, 5.74) is 9.67. The van der Waals surface area contributed by atoms with Gasteiger partial charge in [0.1, 0.15) is 5.82 Å². The summed E-state index contributed by atoms with van der Waals surface area (Å²) in [7, 11) is 0. The lowest BCUT2D eigenvalue weighted by Gasteiger charge is -2.34. The average Bonchev–Trinajstić information content (AvgIpc) is 2.45. The molecule has 0 fully saturated rings. The Kier molecular flexibility index (Phi) is 3.22. The molecule has 0 aromatic heterocycles. The van der Waals surface area contributed by atoms with Crippen LogP contribution in [0.3, 0.4) is 0 Å². The second kappa shape index (κ2) is 5.02. The maximum absolute atomic E-state index is 12.9. The van der Waals surface area contributed by atoms with Gasteiger partial charge in [-0.05, 0) is 35.7 Å². The third-order valence-electron chi connectivity index (χ3n) is 3.67. The quantitative estimate of drug-likeness (QED) is 0.893. The monoisotopic (exact) mass is 256 g/mol. The number of fused-ring (bicyclic) bond motifs is 1. The van der Waals surface area contributed by atoms with Gasteiger partial charge >= 0.3 is 0 Å². The normalized spacial score (nSPS) is 18.2. The number of halogens is 1. The number of hydrogen-bond donors (Lipinski definition) is 1. The summed E-state index contributed by atoms with van der Waals surface area (Å²) in [6.07, 6.45) is 0.957. The van der Waals surface area contributed by atoms with Gasteiger partial charge in [-0.2, -0.15) is 0 Å². The highest BCUT2D eigenvalue weighted by molar-refractivity contribution is 5.57. The topological polar surface area (TPSA) is 29.3 Å². The van der Waals surface area contributed by atoms with Crippen LogP contribution >= 0.6 is 0 Å². The van der Waals surface area contributed by atoms with E-state index in [0.29, 0.717) is 0 Å². The predicted octanol–water partition coefficient (Wildman–Crippen LogP) is 3.24. The molecule has 0 saturated carbocycles. The highest BCUT2D eigenvalue weighted by Gasteiger charge is 2.21. The molecule has 1 atom stereocenters. The van der Waals surface area contributed by atoms with E-state index < -0.39 is 0 Å². The van der Waals surface area contributed by atoms with Crippen molar-refractivity contribution < 1.29 is 4.39 Å². The molecule has 19 heavy (non-hydrogen) atoms. The predicted molar refractivity (Wildman–Crippen MR) is 75.4 cm³/mol. The van der Waals surface area contributed by atoms with Crippen molar-refractivity contribution in [1.29, 1.82) is 0 Å². The van der Waals surface area contributed by atoms with Crippen molar-refractivity contribution >= 4 is 5.69 Å². The van der Waals surface area contributed by atoms with Gasteiger partial charge in [0.25, 0.3) is 0 Å². The minimum atomic E-state index is -0.190. The molecule has 0 amide bonds. The summed E-state index contributed by atoms with van der Waals surface area (Å²) in [5.74, 6) is -0.190. The smallest absolute Gasteiger partial charge is 0.123 e. The summed E-state index contributed by atoms with van der Waals surface area (Å²) >= 11 is 0. The van der Waals surface area contributed by atoms with Crippen LogP contribution in [0.2, 0.25) is 0 Å². The van der Waals surface area contributed by atoms with Crippen LogP contribution in [0.5, 0.6) is 0 Å². The SMILES string of the molecule is NC1CCN(Cc2ccc(F)cc2)c2ccccc21. The third-order valence-corrected chi connectivity index (χ3v) is 3.67. The number of nitrogens with two attached hydrogens (primary N) is 1. The molecule has 2 N–H and O–H groups in total. The highest BCUT2D eigenvalue weighted by atomic mass is 19.1. The zero-order valence-electron chi connectivity index (χ0n) is 10.7. The lowest BCUT2D eigenvalue weighted by atomic mass is 9.97. The second-order valence-corrected chi connectivity index (χ2v) is 5.00. The molecule has 1 aliphatic heterocycles. The Morgan fingerprint density at radius 3 is 2.63 bits per heavy atom. The number of hydrogen-bond acceptors (Lipinski definition) is 2. The molecule has 0 radical (unpaired) electrons. The van der Waals surface area contributed by atoms with Crippen LogP contribution in [-0.2, 0) is 6.54 Å². The van der Waals surface area contributed by atoms with Gasteiger partial charge in [-0.1, -0.05) is 30.3 Å². The summed E-state index contributed by atoms with van der Waals surface area (Å²) in [6, 6.07) is 15.1. The minimum absolute atomic E-state index is 0.126. The highest BCUT2D eigenvalue weighted by Crippen LogP contribution is 2.32. The Bertz CT molecular complexity index is 565. The molecule has 0 spiro atoms. The van der Waals surface area contributed by atoms with E-state index >= 15 is 0 Å². The summed E-state index contributed by atoms with van der Waals surface area (Å²) in [6.45, 7) is 1.74. The molecule has 2 aromatic carbocycles. The second-order valence-electron chi connectivity index (χ2n) is 5.00. The third kappa shape index (κ3) is 2.47. The Labute approximate surface area is 112 Å². The molecule has 1 heterocycles. The van der Waals surface area contributed by atoms with Crippen molar-refractivity contribution in [2.45, 2.75) is 19.0 Å². The van der Waals surface area contributed by atoms with Gasteiger partial charge in [-0.3, -0.25) is 0 Å². The first kappa shape index (κ1) is 12.2. The van der Waals surface area contributed by atoms with Gasteiger partial charge in [-0.25, -0.2) is 4.39 Å². The zero-order valence-corrected chi connectivity index (χ0v) is 10.7. The number of benzene rings is 2. The Morgan fingerprint density at radius 1 is 1.11 bits per heavy atom. The standard InChI is InChI=1S/C16H17FN2/c17-13-7-5-12(6-8-13)11-19-10-9-15(18)14-3-1-2-4-16(14)19/h1-8,15H,9-11,18H2. The maximum atomic E-state index is 12.9. The minimum Gasteiger partial charge on any atom is -0.367 e. The first-order chi connectivity index (χ1) is 9.24. The van der Waals surface area contributed by atoms with Crippen LogP contribution < -0.4 is 10.6 Å². The Morgan fingerprint density at radius 2 is 1.84 bits per heavy atom. The van der Waals surface area contributed by atoms with E-state index in [0.717, 1.165) is 25.1 Å². The van der Waals surface area contributed by atoms with E-state index in [1.807, 2.05) is 24.3 Å². The van der Waals surface area contributed by atoms with Gasteiger partial charge in [0.2, 0.25) is 0 Å². The van der Waals surface area contributed by atoms with E-state index in [1.54, 1.807) is 0 Å². The van der Waals surface area contributed by atoms with Crippen molar-refractivity contribution in [3.63, 3.8) is 0 Å². The largest absolute Gasteiger partial charge is 0.367 e. The molecule has 0 saturated heterocycles. The summed E-state index contributed by atoms with van der Waals surface area (Å²) in [4.78, 5) is 2.31. The van der Waals surface area contributed by atoms with Crippen molar-refractivity contribution in [2.24, 2.45) is 5.73 Å². The van der Waals surface area contributed by atoms with Gasteiger partial charge < -0.3 is 10.6 Å². The average molecular weight is 256 g/mol. The Hall–Kier alpha value is -1.87. The van der Waals surface area contributed by atoms with Crippen molar-refractivity contribution in [2.75, 3.05) is 11.4 Å². The lowest BCUT2D eigenvalue weighted by molar-refractivity contribution is 0.589. The van der Waals surface area contributed by atoms with Gasteiger partial charge in [0, 0.05) is 24.8 Å². The van der Waals surface area contributed by atoms with Crippen LogP contribution in [0.15, 0.2) is 48.5 Å². The molecule has 1 aliphatic rings. The number of nitrogens with zero attached hydrogens (tertiary/aromatic N) is 1. The van der Waals surface area contributed by atoms with Gasteiger partial charge in [0.05, 0.1) is 0 Å². The number of para-hydroxylation sites is 1. The van der Waals surface area contributed by atoms with Crippen LogP contribution in [-0.4, -0.2) is 6.54 Å². The van der Waals surface area contributed by atoms with E-state index in [4.69, 9.17) is 5.73 Å². The molecule has 3 rings (SSSR count). The molecule has 98 valence electrons. The van der Waals surface area contributed by atoms with Crippen LogP contribution in [0, 0.1) is 5.82 Å². The van der Waals surface area contributed by atoms with Crippen LogP contribution in [0.4, 0.5) is 10.1 Å². The first-order valence-electron chi connectivity index (χ1n) is 6.58. The van der Waals surface area contributed by atoms with E-state index in [9.17, 15) is 4.39 Å². The lowest BCUT2D eigenvalue weighted by Crippen LogP contribution is -2.33. The molecular formula is C16H17FN2. The zero-order chi connectivity index (χ0) is 13.2. The van der Waals surface area contributed by atoms with Crippen molar-refractivity contribution in [3.05, 3.63) is 65.5 Å². The molecule has 0 aliphatic carbocycles. The fourth-order valence-electron chi connectivity index (χ4n) is 2.63. The molecule has 0 bridgehead atoms. The molecule has 3 heteroatoms. The van der Waals surface area contributed by atoms with Gasteiger partial charge in [0.15, 0.2) is 0 Å². The first-order valence-corrected chi connectivity index (χ1v) is 6.58. The van der Waals surface area contributed by atoms with Crippen molar-refractivity contribution in [1.82, 2.24) is 0 Å². The fourth-order valence-corrected chi connectivity index (χ4v) is 2.63. The van der Waals surface area contributed by atoms with Crippen LogP contribution in [0.1, 0.15) is 23.6 Å². The van der Waals surface area contributed by atoms with Crippen molar-refractivity contribution in [3.8, 4) is 0 Å². The number of rotatable bonds is 2. The summed E-state index contributed by atoms with van der Waals surface area (Å²) < 4.78 is 12.9. The summed E-state index contributed by atoms with van der Waals surface area (Å²) in [5, 5.41) is 0. The van der Waals surface area contributed by atoms with E-state index in [2.05, 4.69) is 17.0 Å². The molecular weight excluding hydrogens is 239 g/mol. The van der Waals surface area contributed by atoms with Crippen LogP contribution in [0.25, 0.3) is 0 Å². The number of anilines is 1. The Balaban J connectivity index is 1.86.